The second kappa shape index (κ2) is 7.31. The number of hydrogen-bond donors (Lipinski definition) is 1. The average molecular weight is 293 g/mol. The maximum absolute atomic E-state index is 12.2. The van der Waals surface area contributed by atoms with Crippen molar-refractivity contribution in [3.8, 4) is 11.5 Å². The number of nitrogens with one attached hydrogen (secondary N) is 1. The SMILES string of the molecule is CCOC(=O)C(NCC1CC1)c1ccc(OC)c(OC)c1. The van der Waals surface area contributed by atoms with E-state index in [0.29, 0.717) is 24.0 Å². The monoisotopic (exact) mass is 293 g/mol. The standard InChI is InChI=1S/C16H23NO4/c1-4-21-16(18)15(17-10-11-5-6-11)12-7-8-13(19-2)14(9-12)20-3/h7-9,11,15,17H,4-6,10H2,1-3H3. The van der Waals surface area contributed by atoms with Gasteiger partial charge in [0.15, 0.2) is 11.5 Å². The van der Waals surface area contributed by atoms with Crippen LogP contribution in [0.5, 0.6) is 11.5 Å². The third-order valence-corrected chi connectivity index (χ3v) is 3.57. The molecule has 1 aromatic carbocycles. The van der Waals surface area contributed by atoms with Gasteiger partial charge in [0.2, 0.25) is 0 Å². The summed E-state index contributed by atoms with van der Waals surface area (Å²) in [4.78, 5) is 12.2. The highest BCUT2D eigenvalue weighted by Crippen LogP contribution is 2.32. The Bertz CT molecular complexity index is 485. The number of esters is 1. The summed E-state index contributed by atoms with van der Waals surface area (Å²) in [5.41, 5.74) is 0.826. The number of carbonyl (C=O) groups is 1. The largest absolute Gasteiger partial charge is 0.493 e. The van der Waals surface area contributed by atoms with Gasteiger partial charge in [0.1, 0.15) is 6.04 Å². The molecule has 5 nitrogen and oxygen atoms in total. The van der Waals surface area contributed by atoms with E-state index >= 15 is 0 Å². The van der Waals surface area contributed by atoms with Gasteiger partial charge in [-0.25, -0.2) is 4.79 Å². The Morgan fingerprint density at radius 2 is 2.00 bits per heavy atom. The molecule has 1 aromatic rings. The Morgan fingerprint density at radius 3 is 2.57 bits per heavy atom. The zero-order valence-corrected chi connectivity index (χ0v) is 12.8. The van der Waals surface area contributed by atoms with Crippen LogP contribution in [0, 0.1) is 5.92 Å². The molecule has 1 N–H and O–H groups in total. The molecule has 0 spiro atoms. The van der Waals surface area contributed by atoms with Crippen LogP contribution in [0.25, 0.3) is 0 Å². The smallest absolute Gasteiger partial charge is 0.327 e. The van der Waals surface area contributed by atoms with E-state index in [1.165, 1.54) is 12.8 Å². The fourth-order valence-corrected chi connectivity index (χ4v) is 2.20. The molecule has 1 fully saturated rings. The lowest BCUT2D eigenvalue weighted by Crippen LogP contribution is -2.31. The van der Waals surface area contributed by atoms with E-state index in [4.69, 9.17) is 14.2 Å². The van der Waals surface area contributed by atoms with Crippen molar-refractivity contribution in [2.45, 2.75) is 25.8 Å². The molecule has 116 valence electrons. The summed E-state index contributed by atoms with van der Waals surface area (Å²) in [7, 11) is 3.17. The minimum absolute atomic E-state index is 0.259. The number of carbonyl (C=O) groups excluding carboxylic acids is 1. The summed E-state index contributed by atoms with van der Waals surface area (Å²) in [6.45, 7) is 3.01. The molecule has 0 aromatic heterocycles. The van der Waals surface area contributed by atoms with Gasteiger partial charge in [-0.3, -0.25) is 0 Å². The molecule has 1 unspecified atom stereocenters. The zero-order valence-electron chi connectivity index (χ0n) is 12.8. The van der Waals surface area contributed by atoms with Gasteiger partial charge in [-0.1, -0.05) is 6.07 Å². The molecule has 0 radical (unpaired) electrons. The molecule has 0 amide bonds. The van der Waals surface area contributed by atoms with Crippen molar-refractivity contribution in [2.75, 3.05) is 27.4 Å². The molecular weight excluding hydrogens is 270 g/mol. The second-order valence-corrected chi connectivity index (χ2v) is 5.15. The van der Waals surface area contributed by atoms with Gasteiger partial charge in [-0.2, -0.15) is 0 Å². The molecule has 1 aliphatic rings. The highest BCUT2D eigenvalue weighted by atomic mass is 16.5. The second-order valence-electron chi connectivity index (χ2n) is 5.15. The van der Waals surface area contributed by atoms with Crippen LogP contribution in [-0.2, 0) is 9.53 Å². The first-order chi connectivity index (χ1) is 10.2. The highest BCUT2D eigenvalue weighted by molar-refractivity contribution is 5.78. The van der Waals surface area contributed by atoms with E-state index in [1.807, 2.05) is 19.1 Å². The molecular formula is C16H23NO4. The molecule has 1 atom stereocenters. The number of ether oxygens (including phenoxy) is 3. The fraction of sp³-hybridized carbons (Fsp3) is 0.562. The first-order valence-corrected chi connectivity index (χ1v) is 7.31. The first-order valence-electron chi connectivity index (χ1n) is 7.31. The molecule has 0 bridgehead atoms. The molecule has 1 saturated carbocycles. The normalized spacial score (nSPS) is 15.4. The van der Waals surface area contributed by atoms with Gasteiger partial charge in [0.25, 0.3) is 0 Å². The molecule has 0 heterocycles. The van der Waals surface area contributed by atoms with Crippen LogP contribution in [0.2, 0.25) is 0 Å². The topological polar surface area (TPSA) is 56.8 Å². The van der Waals surface area contributed by atoms with Crippen LogP contribution < -0.4 is 14.8 Å². The van der Waals surface area contributed by atoms with Crippen molar-refractivity contribution in [1.82, 2.24) is 5.32 Å². The fourth-order valence-electron chi connectivity index (χ4n) is 2.20. The summed E-state index contributed by atoms with van der Waals surface area (Å²) >= 11 is 0. The first kappa shape index (κ1) is 15.6. The molecule has 21 heavy (non-hydrogen) atoms. The molecule has 5 heteroatoms. The average Bonchev–Trinajstić information content (AvgIpc) is 3.31. The van der Waals surface area contributed by atoms with Gasteiger partial charge < -0.3 is 19.5 Å². The summed E-state index contributed by atoms with van der Waals surface area (Å²) in [5.74, 6) is 1.68. The lowest BCUT2D eigenvalue weighted by atomic mass is 10.1. The molecule has 0 aliphatic heterocycles. The summed E-state index contributed by atoms with van der Waals surface area (Å²) in [5, 5.41) is 3.30. The predicted molar refractivity (Wildman–Crippen MR) is 79.6 cm³/mol. The van der Waals surface area contributed by atoms with Gasteiger partial charge in [-0.15, -0.1) is 0 Å². The predicted octanol–water partition coefficient (Wildman–Crippen LogP) is 2.31. The van der Waals surface area contributed by atoms with E-state index in [2.05, 4.69) is 5.32 Å². The van der Waals surface area contributed by atoms with Crippen molar-refractivity contribution in [1.29, 1.82) is 0 Å². The van der Waals surface area contributed by atoms with E-state index in [-0.39, 0.29) is 5.97 Å². The lowest BCUT2D eigenvalue weighted by molar-refractivity contribution is -0.145. The van der Waals surface area contributed by atoms with Crippen LogP contribution in [0.15, 0.2) is 18.2 Å². The van der Waals surface area contributed by atoms with Gasteiger partial charge in [0, 0.05) is 0 Å². The van der Waals surface area contributed by atoms with Crippen molar-refractivity contribution in [2.24, 2.45) is 5.92 Å². The third kappa shape index (κ3) is 4.11. The number of rotatable bonds is 8. The minimum atomic E-state index is -0.467. The van der Waals surface area contributed by atoms with Crippen molar-refractivity contribution < 1.29 is 19.0 Å². The number of benzene rings is 1. The minimum Gasteiger partial charge on any atom is -0.493 e. The lowest BCUT2D eigenvalue weighted by Gasteiger charge is -2.19. The van der Waals surface area contributed by atoms with Gasteiger partial charge in [-0.05, 0) is 49.9 Å². The van der Waals surface area contributed by atoms with Gasteiger partial charge >= 0.3 is 5.97 Å². The highest BCUT2D eigenvalue weighted by Gasteiger charge is 2.27. The van der Waals surface area contributed by atoms with E-state index in [0.717, 1.165) is 12.1 Å². The van der Waals surface area contributed by atoms with Crippen LogP contribution >= 0.6 is 0 Å². The third-order valence-electron chi connectivity index (χ3n) is 3.57. The van der Waals surface area contributed by atoms with Crippen molar-refractivity contribution in [3.05, 3.63) is 23.8 Å². The van der Waals surface area contributed by atoms with E-state index < -0.39 is 6.04 Å². The Morgan fingerprint density at radius 1 is 1.29 bits per heavy atom. The maximum atomic E-state index is 12.2. The molecule has 2 rings (SSSR count). The quantitative estimate of drug-likeness (QED) is 0.745. The van der Waals surface area contributed by atoms with Gasteiger partial charge in [0.05, 0.1) is 20.8 Å². The summed E-state index contributed by atoms with van der Waals surface area (Å²) in [6.07, 6.45) is 2.46. The molecule has 1 aliphatic carbocycles. The van der Waals surface area contributed by atoms with Crippen LogP contribution in [0.1, 0.15) is 31.4 Å². The Labute approximate surface area is 125 Å². The Hall–Kier alpha value is -1.75. The summed E-state index contributed by atoms with van der Waals surface area (Å²) < 4.78 is 15.7. The summed E-state index contributed by atoms with van der Waals surface area (Å²) in [6, 6.07) is 5.02. The number of hydrogen-bond acceptors (Lipinski definition) is 5. The van der Waals surface area contributed by atoms with Crippen molar-refractivity contribution >= 4 is 5.97 Å². The number of methoxy groups -OCH3 is 2. The maximum Gasteiger partial charge on any atom is 0.327 e. The van der Waals surface area contributed by atoms with E-state index in [9.17, 15) is 4.79 Å². The van der Waals surface area contributed by atoms with Crippen LogP contribution in [-0.4, -0.2) is 33.3 Å². The van der Waals surface area contributed by atoms with Crippen LogP contribution in [0.3, 0.4) is 0 Å². The van der Waals surface area contributed by atoms with Crippen LogP contribution in [0.4, 0.5) is 0 Å². The Kier molecular flexibility index (Phi) is 5.44. The van der Waals surface area contributed by atoms with E-state index in [1.54, 1.807) is 20.3 Å². The van der Waals surface area contributed by atoms with Crippen molar-refractivity contribution in [3.63, 3.8) is 0 Å². The zero-order chi connectivity index (χ0) is 15.2. The molecule has 0 saturated heterocycles. The Balaban J connectivity index is 2.18.